The summed E-state index contributed by atoms with van der Waals surface area (Å²) >= 11 is 0. The predicted octanol–water partition coefficient (Wildman–Crippen LogP) is 1.27. The van der Waals surface area contributed by atoms with Crippen molar-refractivity contribution in [2.24, 2.45) is 5.73 Å². The van der Waals surface area contributed by atoms with Crippen molar-refractivity contribution in [3.8, 4) is 0 Å². The molecule has 7 heteroatoms. The molecule has 0 amide bonds. The first-order chi connectivity index (χ1) is 6.49. The van der Waals surface area contributed by atoms with Crippen molar-refractivity contribution >= 4 is 12.4 Å². The van der Waals surface area contributed by atoms with E-state index in [9.17, 15) is 13.2 Å². The van der Waals surface area contributed by atoms with E-state index in [1.165, 1.54) is 6.07 Å². The molecule has 0 fully saturated rings. The van der Waals surface area contributed by atoms with Gasteiger partial charge in [-0.1, -0.05) is 6.07 Å². The van der Waals surface area contributed by atoms with Crippen molar-refractivity contribution in [3.63, 3.8) is 0 Å². The van der Waals surface area contributed by atoms with E-state index in [0.717, 1.165) is 12.3 Å². The third-order valence-electron chi connectivity index (χ3n) is 1.79. The number of aromatic nitrogens is 1. The average molecular weight is 243 g/mol. The smallest absolute Gasteiger partial charge is 0.289 e. The molecule has 0 aliphatic rings. The lowest BCUT2D eigenvalue weighted by molar-refractivity contribution is -0.0720. The summed E-state index contributed by atoms with van der Waals surface area (Å²) < 4.78 is 38.6. The standard InChI is InChI=1S/C8H9F3N2O.ClH/c9-7-5(2-1-3-13-7)6(12)8(10,11)4-14;/h1-3,6,14H,4,12H2;1H/t6-;/m1./s1. The zero-order chi connectivity index (χ0) is 10.8. The zero-order valence-corrected chi connectivity index (χ0v) is 8.35. The van der Waals surface area contributed by atoms with Crippen molar-refractivity contribution in [2.75, 3.05) is 6.61 Å². The number of rotatable bonds is 3. The summed E-state index contributed by atoms with van der Waals surface area (Å²) in [6.45, 7) is -1.43. The Hall–Kier alpha value is -0.850. The molecule has 0 unspecified atom stereocenters. The van der Waals surface area contributed by atoms with Gasteiger partial charge in [-0.3, -0.25) is 0 Å². The van der Waals surface area contributed by atoms with Crippen LogP contribution in [0.4, 0.5) is 13.2 Å². The lowest BCUT2D eigenvalue weighted by Gasteiger charge is -2.21. The Bertz CT molecular complexity index is 325. The maximum absolute atomic E-state index is 12.9. The highest BCUT2D eigenvalue weighted by Crippen LogP contribution is 2.29. The molecule has 0 aliphatic carbocycles. The minimum absolute atomic E-state index is 0. The quantitative estimate of drug-likeness (QED) is 0.785. The van der Waals surface area contributed by atoms with Gasteiger partial charge in [0.25, 0.3) is 5.92 Å². The van der Waals surface area contributed by atoms with Crippen molar-refractivity contribution in [2.45, 2.75) is 12.0 Å². The molecular weight excluding hydrogens is 233 g/mol. The molecule has 0 aliphatic heterocycles. The van der Waals surface area contributed by atoms with Crippen LogP contribution in [0, 0.1) is 5.95 Å². The van der Waals surface area contributed by atoms with Gasteiger partial charge in [-0.2, -0.15) is 4.39 Å². The van der Waals surface area contributed by atoms with E-state index in [1.807, 2.05) is 0 Å². The van der Waals surface area contributed by atoms with Gasteiger partial charge in [-0.15, -0.1) is 12.4 Å². The molecule has 1 rings (SSSR count). The Morgan fingerprint density at radius 3 is 2.60 bits per heavy atom. The number of alkyl halides is 2. The summed E-state index contributed by atoms with van der Waals surface area (Å²) in [5.41, 5.74) is 4.68. The molecule has 1 aromatic heterocycles. The molecule has 0 radical (unpaired) electrons. The van der Waals surface area contributed by atoms with Crippen molar-refractivity contribution < 1.29 is 18.3 Å². The summed E-state index contributed by atoms with van der Waals surface area (Å²) in [4.78, 5) is 3.19. The van der Waals surface area contributed by atoms with Crippen molar-refractivity contribution in [3.05, 3.63) is 29.8 Å². The highest BCUT2D eigenvalue weighted by molar-refractivity contribution is 5.85. The Labute approximate surface area is 90.5 Å². The summed E-state index contributed by atoms with van der Waals surface area (Å²) in [6, 6.07) is 0.517. The van der Waals surface area contributed by atoms with Crippen LogP contribution in [0.2, 0.25) is 0 Å². The van der Waals surface area contributed by atoms with Crippen LogP contribution in [0.15, 0.2) is 18.3 Å². The second-order valence-corrected chi connectivity index (χ2v) is 2.78. The molecular formula is C8H10ClF3N2O. The SMILES string of the molecule is Cl.N[C@H](c1cccnc1F)C(F)(F)CO. The molecule has 15 heavy (non-hydrogen) atoms. The molecule has 3 N–H and O–H groups in total. The third-order valence-corrected chi connectivity index (χ3v) is 1.79. The third kappa shape index (κ3) is 3.05. The first kappa shape index (κ1) is 14.2. The Kier molecular flexibility index (Phi) is 4.99. The Morgan fingerprint density at radius 1 is 1.53 bits per heavy atom. The summed E-state index contributed by atoms with van der Waals surface area (Å²) in [6.07, 6.45) is 1.13. The van der Waals surface area contributed by atoms with E-state index >= 15 is 0 Å². The number of halogens is 4. The Balaban J connectivity index is 0.00000196. The van der Waals surface area contributed by atoms with Gasteiger partial charge in [0, 0.05) is 11.8 Å². The molecule has 3 nitrogen and oxygen atoms in total. The number of nitrogens with two attached hydrogens (primary N) is 1. The molecule has 0 bridgehead atoms. The molecule has 86 valence electrons. The summed E-state index contributed by atoms with van der Waals surface area (Å²) in [5.74, 6) is -4.60. The van der Waals surface area contributed by atoms with Crippen LogP contribution in [0.5, 0.6) is 0 Å². The fourth-order valence-corrected chi connectivity index (χ4v) is 0.956. The monoisotopic (exact) mass is 242 g/mol. The van der Waals surface area contributed by atoms with Gasteiger partial charge >= 0.3 is 0 Å². The van der Waals surface area contributed by atoms with E-state index in [1.54, 1.807) is 0 Å². The van der Waals surface area contributed by atoms with E-state index < -0.39 is 30.1 Å². The highest BCUT2D eigenvalue weighted by Gasteiger charge is 2.38. The minimum atomic E-state index is -3.55. The number of hydrogen-bond acceptors (Lipinski definition) is 3. The van der Waals surface area contributed by atoms with Gasteiger partial charge in [0.15, 0.2) is 0 Å². The molecule has 0 spiro atoms. The van der Waals surface area contributed by atoms with E-state index in [4.69, 9.17) is 10.8 Å². The minimum Gasteiger partial charge on any atom is -0.390 e. The van der Waals surface area contributed by atoms with Crippen molar-refractivity contribution in [1.29, 1.82) is 0 Å². The fourth-order valence-electron chi connectivity index (χ4n) is 0.956. The van der Waals surface area contributed by atoms with E-state index in [-0.39, 0.29) is 12.4 Å². The first-order valence-electron chi connectivity index (χ1n) is 3.83. The van der Waals surface area contributed by atoms with Crippen molar-refractivity contribution in [1.82, 2.24) is 4.98 Å². The first-order valence-corrected chi connectivity index (χ1v) is 3.83. The number of pyridine rings is 1. The molecule has 0 saturated carbocycles. The van der Waals surface area contributed by atoms with Gasteiger partial charge < -0.3 is 10.8 Å². The van der Waals surface area contributed by atoms with Crippen LogP contribution in [0.25, 0.3) is 0 Å². The summed E-state index contributed by atoms with van der Waals surface area (Å²) in [7, 11) is 0. The van der Waals surface area contributed by atoms with Gasteiger partial charge in [-0.25, -0.2) is 13.8 Å². The highest BCUT2D eigenvalue weighted by atomic mass is 35.5. The Morgan fingerprint density at radius 2 is 2.13 bits per heavy atom. The van der Waals surface area contributed by atoms with Crippen LogP contribution in [0.3, 0.4) is 0 Å². The second kappa shape index (κ2) is 5.29. The van der Waals surface area contributed by atoms with Crippen LogP contribution >= 0.6 is 12.4 Å². The van der Waals surface area contributed by atoms with Crippen LogP contribution in [-0.2, 0) is 0 Å². The largest absolute Gasteiger partial charge is 0.390 e. The zero-order valence-electron chi connectivity index (χ0n) is 7.53. The maximum Gasteiger partial charge on any atom is 0.289 e. The summed E-state index contributed by atoms with van der Waals surface area (Å²) in [5, 5.41) is 8.34. The average Bonchev–Trinajstić information content (AvgIpc) is 2.17. The molecule has 1 aromatic rings. The van der Waals surface area contributed by atoms with Gasteiger partial charge in [0.05, 0.1) is 0 Å². The van der Waals surface area contributed by atoms with E-state index in [0.29, 0.717) is 0 Å². The maximum atomic E-state index is 12.9. The van der Waals surface area contributed by atoms with E-state index in [2.05, 4.69) is 4.98 Å². The van der Waals surface area contributed by atoms with Gasteiger partial charge in [0.1, 0.15) is 12.6 Å². The number of hydrogen-bond donors (Lipinski definition) is 2. The normalized spacial score (nSPS) is 13.1. The molecule has 0 aromatic carbocycles. The molecule has 1 atom stereocenters. The second-order valence-electron chi connectivity index (χ2n) is 2.78. The van der Waals surface area contributed by atoms with Gasteiger partial charge in [0.2, 0.25) is 5.95 Å². The lowest BCUT2D eigenvalue weighted by atomic mass is 10.0. The topological polar surface area (TPSA) is 59.1 Å². The predicted molar refractivity (Wildman–Crippen MR) is 50.4 cm³/mol. The van der Waals surface area contributed by atoms with Crippen LogP contribution in [0.1, 0.15) is 11.6 Å². The number of nitrogens with zero attached hydrogens (tertiary/aromatic N) is 1. The molecule has 1 heterocycles. The fraction of sp³-hybridized carbons (Fsp3) is 0.375. The molecule has 0 saturated heterocycles. The van der Waals surface area contributed by atoms with Crippen LogP contribution < -0.4 is 5.73 Å². The lowest BCUT2D eigenvalue weighted by Crippen LogP contribution is -2.36. The van der Waals surface area contributed by atoms with Gasteiger partial charge in [-0.05, 0) is 6.07 Å². The van der Waals surface area contributed by atoms with Crippen LogP contribution in [-0.4, -0.2) is 22.6 Å². The number of aliphatic hydroxyl groups excluding tert-OH is 1. The number of aliphatic hydroxyl groups is 1.